The minimum absolute atomic E-state index is 0. The van der Waals surface area contributed by atoms with Crippen LogP contribution in [0, 0.1) is 5.41 Å². The maximum atomic E-state index is 6.40. The van der Waals surface area contributed by atoms with Gasteiger partial charge < -0.3 is 11.5 Å². The zero-order chi connectivity index (χ0) is 4.28. The van der Waals surface area contributed by atoms with Crippen molar-refractivity contribution in [3.63, 3.8) is 0 Å². The molecule has 0 aromatic carbocycles. The Balaban J connectivity index is -0.0000000267. The third-order valence-electron chi connectivity index (χ3n) is 0.220. The highest BCUT2D eigenvalue weighted by Gasteiger charge is 1.70. The van der Waals surface area contributed by atoms with Crippen LogP contribution in [0.25, 0.3) is 0 Å². The van der Waals surface area contributed by atoms with Crippen LogP contribution in [0.3, 0.4) is 0 Å². The lowest BCUT2D eigenvalue weighted by Gasteiger charge is -1.79. The van der Waals surface area contributed by atoms with E-state index in [1.165, 1.54) is 0 Å². The highest BCUT2D eigenvalue weighted by Crippen LogP contribution is 1.38. The summed E-state index contributed by atoms with van der Waals surface area (Å²) in [6.45, 7) is 0.167. The second-order valence-corrected chi connectivity index (χ2v) is 0.729. The molecule has 0 rings (SSSR count). The quantitative estimate of drug-likeness (QED) is 0.490. The lowest BCUT2D eigenvalue weighted by Crippen LogP contribution is -2.20. The molecule has 3 nitrogen and oxygen atoms in total. The Morgan fingerprint density at radius 3 is 1.38 bits per heavy atom. The third-order valence-corrected chi connectivity index (χ3v) is 0.220. The summed E-state index contributed by atoms with van der Waals surface area (Å²) >= 11 is 0. The molecule has 0 radical (unpaired) electrons. The SMILES string of the molecule is Br.Br.Br.N=C(N)CN. The van der Waals surface area contributed by atoms with Gasteiger partial charge in [0.25, 0.3) is 0 Å². The van der Waals surface area contributed by atoms with Crippen LogP contribution in [0.2, 0.25) is 0 Å². The Hall–Kier alpha value is 0.870. The first-order valence-corrected chi connectivity index (χ1v) is 1.30. The number of nitrogens with one attached hydrogen (secondary N) is 1. The van der Waals surface area contributed by atoms with Gasteiger partial charge in [0.05, 0.1) is 6.54 Å². The molecule has 0 saturated heterocycles. The summed E-state index contributed by atoms with van der Waals surface area (Å²) < 4.78 is 0. The first-order chi connectivity index (χ1) is 2.27. The second kappa shape index (κ2) is 15.7. The van der Waals surface area contributed by atoms with Gasteiger partial charge >= 0.3 is 0 Å². The number of halogens is 3. The van der Waals surface area contributed by atoms with Gasteiger partial charge in [-0.1, -0.05) is 0 Å². The van der Waals surface area contributed by atoms with Crippen molar-refractivity contribution in [1.82, 2.24) is 0 Å². The molecule has 0 spiro atoms. The Kier molecular flexibility index (Phi) is 45.3. The zero-order valence-electron chi connectivity index (χ0n) is 4.09. The van der Waals surface area contributed by atoms with Gasteiger partial charge in [-0.2, -0.15) is 0 Å². The van der Waals surface area contributed by atoms with Crippen LogP contribution in [0.5, 0.6) is 0 Å². The van der Waals surface area contributed by atoms with Gasteiger partial charge in [0, 0.05) is 0 Å². The first-order valence-electron chi connectivity index (χ1n) is 1.30. The molecular weight excluding hydrogens is 306 g/mol. The Labute approximate surface area is 80.0 Å². The number of nitrogens with two attached hydrogens (primary N) is 2. The predicted molar refractivity (Wildman–Crippen MR) is 51.9 cm³/mol. The van der Waals surface area contributed by atoms with E-state index in [0.717, 1.165) is 0 Å². The van der Waals surface area contributed by atoms with E-state index in [-0.39, 0.29) is 63.3 Å². The molecule has 0 bridgehead atoms. The summed E-state index contributed by atoms with van der Waals surface area (Å²) in [6, 6.07) is 0. The summed E-state index contributed by atoms with van der Waals surface area (Å²) in [4.78, 5) is 0. The molecule has 0 amide bonds. The molecule has 8 heavy (non-hydrogen) atoms. The Morgan fingerprint density at radius 2 is 1.38 bits per heavy atom. The monoisotopic (exact) mass is 313 g/mol. The Morgan fingerprint density at radius 1 is 1.25 bits per heavy atom. The maximum absolute atomic E-state index is 6.40. The van der Waals surface area contributed by atoms with Gasteiger partial charge in [0.1, 0.15) is 5.84 Å². The molecule has 0 atom stereocenters. The fraction of sp³-hybridized carbons (Fsp3) is 0.500. The van der Waals surface area contributed by atoms with Crippen molar-refractivity contribution in [3.8, 4) is 0 Å². The van der Waals surface area contributed by atoms with Crippen LogP contribution in [-0.2, 0) is 0 Å². The fourth-order valence-electron chi connectivity index (χ4n) is 0. The number of amidine groups is 1. The molecule has 0 heterocycles. The number of hydrogen-bond acceptors (Lipinski definition) is 2. The molecule has 0 aliphatic rings. The minimum Gasteiger partial charge on any atom is -0.387 e. The molecule has 0 aliphatic heterocycles. The van der Waals surface area contributed by atoms with Gasteiger partial charge in [-0.3, -0.25) is 5.41 Å². The molecule has 6 heteroatoms. The van der Waals surface area contributed by atoms with Crippen molar-refractivity contribution in [2.45, 2.75) is 0 Å². The van der Waals surface area contributed by atoms with E-state index in [4.69, 9.17) is 16.9 Å². The standard InChI is InChI=1S/C2H7N3.3BrH/c3-1-2(4)5;;;/h1,3H2,(H3,4,5);3*1H. The summed E-state index contributed by atoms with van der Waals surface area (Å²) in [5, 5.41) is 6.40. The molecule has 54 valence electrons. The van der Waals surface area contributed by atoms with E-state index in [2.05, 4.69) is 0 Å². The molecular formula is C2H10Br3N3. The van der Waals surface area contributed by atoms with E-state index in [1.54, 1.807) is 0 Å². The largest absolute Gasteiger partial charge is 0.387 e. The molecule has 0 fully saturated rings. The highest BCUT2D eigenvalue weighted by molar-refractivity contribution is 8.93. The van der Waals surface area contributed by atoms with E-state index >= 15 is 0 Å². The summed E-state index contributed by atoms with van der Waals surface area (Å²) in [6.07, 6.45) is 0. The second-order valence-electron chi connectivity index (χ2n) is 0.729. The van der Waals surface area contributed by atoms with Crippen molar-refractivity contribution in [3.05, 3.63) is 0 Å². The van der Waals surface area contributed by atoms with E-state index in [9.17, 15) is 0 Å². The van der Waals surface area contributed by atoms with Crippen LogP contribution in [0.1, 0.15) is 0 Å². The molecule has 0 unspecified atom stereocenters. The lowest BCUT2D eigenvalue weighted by molar-refractivity contribution is 1.24. The Bertz CT molecular complexity index is 47.8. The lowest BCUT2D eigenvalue weighted by atomic mass is 10.6. The summed E-state index contributed by atoms with van der Waals surface area (Å²) in [7, 11) is 0. The molecule has 0 saturated carbocycles. The highest BCUT2D eigenvalue weighted by atomic mass is 79.9. The van der Waals surface area contributed by atoms with E-state index in [1.807, 2.05) is 0 Å². The van der Waals surface area contributed by atoms with Crippen LogP contribution in [-0.4, -0.2) is 12.4 Å². The molecule has 0 aromatic heterocycles. The van der Waals surface area contributed by atoms with Gasteiger partial charge in [-0.15, -0.1) is 50.9 Å². The van der Waals surface area contributed by atoms with Crippen LogP contribution in [0.4, 0.5) is 0 Å². The van der Waals surface area contributed by atoms with Gasteiger partial charge in [0.2, 0.25) is 0 Å². The van der Waals surface area contributed by atoms with Crippen molar-refractivity contribution in [2.24, 2.45) is 11.5 Å². The summed E-state index contributed by atoms with van der Waals surface area (Å²) in [5.41, 5.74) is 9.57. The van der Waals surface area contributed by atoms with Crippen LogP contribution in [0.15, 0.2) is 0 Å². The predicted octanol–water partition coefficient (Wildman–Crippen LogP) is 0.615. The number of rotatable bonds is 1. The van der Waals surface area contributed by atoms with Crippen molar-refractivity contribution in [2.75, 3.05) is 6.54 Å². The normalized spacial score (nSPS) is 4.62. The molecule has 5 N–H and O–H groups in total. The van der Waals surface area contributed by atoms with Gasteiger partial charge in [-0.05, 0) is 0 Å². The topological polar surface area (TPSA) is 75.9 Å². The smallest absolute Gasteiger partial charge is 0.105 e. The average molecular weight is 316 g/mol. The first kappa shape index (κ1) is 23.2. The van der Waals surface area contributed by atoms with Crippen molar-refractivity contribution in [1.29, 1.82) is 5.41 Å². The van der Waals surface area contributed by atoms with Crippen molar-refractivity contribution < 1.29 is 0 Å². The molecule has 0 aliphatic carbocycles. The third kappa shape index (κ3) is 28.7. The van der Waals surface area contributed by atoms with E-state index < -0.39 is 0 Å². The maximum Gasteiger partial charge on any atom is 0.105 e. The van der Waals surface area contributed by atoms with Crippen LogP contribution < -0.4 is 11.5 Å². The van der Waals surface area contributed by atoms with Gasteiger partial charge in [0.15, 0.2) is 0 Å². The minimum atomic E-state index is 0. The number of hydrogen-bond donors (Lipinski definition) is 3. The van der Waals surface area contributed by atoms with Crippen LogP contribution >= 0.6 is 50.9 Å². The van der Waals surface area contributed by atoms with Crippen molar-refractivity contribution >= 4 is 56.8 Å². The summed E-state index contributed by atoms with van der Waals surface area (Å²) in [5.74, 6) is 0.0324. The average Bonchev–Trinajstić information content (AvgIpc) is 1.38. The van der Waals surface area contributed by atoms with E-state index in [0.29, 0.717) is 0 Å². The fourth-order valence-corrected chi connectivity index (χ4v) is 0. The molecule has 0 aromatic rings. The zero-order valence-corrected chi connectivity index (χ0v) is 9.23. The van der Waals surface area contributed by atoms with Gasteiger partial charge in [-0.25, -0.2) is 0 Å².